The lowest BCUT2D eigenvalue weighted by Gasteiger charge is -2.01. The van der Waals surface area contributed by atoms with E-state index in [-0.39, 0.29) is 23.1 Å². The molecule has 2 aromatic rings. The van der Waals surface area contributed by atoms with E-state index in [1.807, 2.05) is 0 Å². The third kappa shape index (κ3) is 2.46. The van der Waals surface area contributed by atoms with Crippen LogP contribution in [0.15, 0.2) is 12.3 Å². The number of aromatic carboxylic acids is 1. The first kappa shape index (κ1) is 12.8. The van der Waals surface area contributed by atoms with E-state index in [4.69, 9.17) is 10.8 Å². The molecule has 0 fully saturated rings. The van der Waals surface area contributed by atoms with Crippen LogP contribution in [0.1, 0.15) is 10.4 Å². The van der Waals surface area contributed by atoms with Crippen molar-refractivity contribution in [1.29, 1.82) is 0 Å². The van der Waals surface area contributed by atoms with Crippen molar-refractivity contribution >= 4 is 11.8 Å². The Morgan fingerprint density at radius 1 is 1.53 bits per heavy atom. The van der Waals surface area contributed by atoms with Gasteiger partial charge in [-0.25, -0.2) is 14.2 Å². The number of rotatable bonds is 4. The lowest BCUT2D eigenvalue weighted by atomic mass is 10.3. The Morgan fingerprint density at radius 2 is 2.21 bits per heavy atom. The second-order valence-electron chi connectivity index (χ2n) is 3.52. The summed E-state index contributed by atoms with van der Waals surface area (Å²) in [6, 6.07) is 1.18. The number of halogens is 2. The number of ether oxygens (including phenoxy) is 1. The molecule has 0 amide bonds. The van der Waals surface area contributed by atoms with Crippen LogP contribution in [0, 0.1) is 0 Å². The number of hydrogen-bond acceptors (Lipinski definition) is 5. The highest BCUT2D eigenvalue weighted by molar-refractivity contribution is 5.92. The number of nitrogens with two attached hydrogens (primary N) is 1. The first-order valence-electron chi connectivity index (χ1n) is 4.96. The van der Waals surface area contributed by atoms with Crippen molar-refractivity contribution in [2.45, 2.75) is 6.61 Å². The number of aryl methyl sites for hydroxylation is 1. The Morgan fingerprint density at radius 3 is 2.74 bits per heavy atom. The zero-order valence-corrected chi connectivity index (χ0v) is 9.62. The molecule has 0 aromatic carbocycles. The van der Waals surface area contributed by atoms with Crippen molar-refractivity contribution in [3.05, 3.63) is 17.8 Å². The van der Waals surface area contributed by atoms with Crippen LogP contribution in [0.4, 0.5) is 14.6 Å². The van der Waals surface area contributed by atoms with Crippen LogP contribution in [-0.2, 0) is 7.05 Å². The number of anilines is 1. The Balaban J connectivity index is 2.37. The SMILES string of the molecule is Cn1nc(-n2cc(C(=O)O)c(N)n2)cc1OC(F)F. The molecule has 0 radical (unpaired) electrons. The molecule has 0 saturated carbocycles. The first-order valence-corrected chi connectivity index (χ1v) is 4.96. The Hall–Kier alpha value is -2.65. The number of nitrogens with zero attached hydrogens (tertiary/aromatic N) is 4. The van der Waals surface area contributed by atoms with E-state index in [1.54, 1.807) is 0 Å². The molecular formula is C9H9F2N5O3. The summed E-state index contributed by atoms with van der Waals surface area (Å²) in [7, 11) is 1.40. The summed E-state index contributed by atoms with van der Waals surface area (Å²) < 4.78 is 30.6. The van der Waals surface area contributed by atoms with Crippen LogP contribution in [0.2, 0.25) is 0 Å². The van der Waals surface area contributed by atoms with Gasteiger partial charge in [0, 0.05) is 19.3 Å². The standard InChI is InChI=1S/C9H9F2N5O3/c1-15-6(19-9(10)11)2-5(13-15)16-3-4(8(17)18)7(12)14-16/h2-3,9H,1H3,(H2,12,14)(H,17,18). The van der Waals surface area contributed by atoms with Gasteiger partial charge in [0.05, 0.1) is 0 Å². The fourth-order valence-corrected chi connectivity index (χ4v) is 1.42. The fourth-order valence-electron chi connectivity index (χ4n) is 1.42. The molecule has 2 aromatic heterocycles. The molecule has 3 N–H and O–H groups in total. The van der Waals surface area contributed by atoms with Gasteiger partial charge < -0.3 is 15.6 Å². The summed E-state index contributed by atoms with van der Waals surface area (Å²) in [6.07, 6.45) is 1.13. The minimum absolute atomic E-state index is 0.109. The molecule has 0 unspecified atom stereocenters. The summed E-state index contributed by atoms with van der Waals surface area (Å²) >= 11 is 0. The van der Waals surface area contributed by atoms with Crippen molar-refractivity contribution in [2.75, 3.05) is 5.73 Å². The number of hydrogen-bond donors (Lipinski definition) is 2. The van der Waals surface area contributed by atoms with Crippen molar-refractivity contribution in [1.82, 2.24) is 19.6 Å². The van der Waals surface area contributed by atoms with Gasteiger partial charge in [-0.05, 0) is 0 Å². The van der Waals surface area contributed by atoms with Gasteiger partial charge in [-0.15, -0.1) is 10.2 Å². The third-order valence-electron chi connectivity index (χ3n) is 2.24. The smallest absolute Gasteiger partial charge is 0.388 e. The van der Waals surface area contributed by atoms with E-state index in [9.17, 15) is 13.6 Å². The zero-order valence-electron chi connectivity index (χ0n) is 9.62. The number of aromatic nitrogens is 4. The quantitative estimate of drug-likeness (QED) is 0.839. The highest BCUT2D eigenvalue weighted by Crippen LogP contribution is 2.19. The molecule has 102 valence electrons. The van der Waals surface area contributed by atoms with E-state index in [0.29, 0.717) is 0 Å². The number of carbonyl (C=O) groups is 1. The van der Waals surface area contributed by atoms with Gasteiger partial charge in [0.25, 0.3) is 0 Å². The van der Waals surface area contributed by atoms with Crippen LogP contribution in [0.5, 0.6) is 5.88 Å². The molecule has 0 atom stereocenters. The van der Waals surface area contributed by atoms with Gasteiger partial charge in [0.15, 0.2) is 11.6 Å². The first-order chi connectivity index (χ1) is 8.88. The van der Waals surface area contributed by atoms with Gasteiger partial charge in [0.2, 0.25) is 5.88 Å². The van der Waals surface area contributed by atoms with Gasteiger partial charge >= 0.3 is 12.6 Å². The van der Waals surface area contributed by atoms with E-state index >= 15 is 0 Å². The maximum atomic E-state index is 12.1. The molecule has 0 aliphatic carbocycles. The van der Waals surface area contributed by atoms with Crippen LogP contribution in [0.25, 0.3) is 5.82 Å². The summed E-state index contributed by atoms with van der Waals surface area (Å²) in [5.74, 6) is -1.52. The molecule has 10 heteroatoms. The molecular weight excluding hydrogens is 264 g/mol. The molecule has 2 rings (SSSR count). The van der Waals surface area contributed by atoms with Gasteiger partial charge in [0.1, 0.15) is 5.56 Å². The summed E-state index contributed by atoms with van der Waals surface area (Å²) in [4.78, 5) is 10.8. The average Bonchev–Trinajstić information content (AvgIpc) is 2.83. The monoisotopic (exact) mass is 273 g/mol. The van der Waals surface area contributed by atoms with Crippen molar-refractivity contribution < 1.29 is 23.4 Å². The van der Waals surface area contributed by atoms with Gasteiger partial charge in [-0.1, -0.05) is 0 Å². The molecule has 2 heterocycles. The number of carboxylic acids is 1. The van der Waals surface area contributed by atoms with Gasteiger partial charge in [-0.2, -0.15) is 8.78 Å². The van der Waals surface area contributed by atoms with E-state index in [2.05, 4.69) is 14.9 Å². The van der Waals surface area contributed by atoms with Crippen LogP contribution < -0.4 is 10.5 Å². The minimum atomic E-state index is -2.99. The maximum Gasteiger partial charge on any atom is 0.388 e. The maximum absolute atomic E-state index is 12.1. The topological polar surface area (TPSA) is 108 Å². The predicted octanol–water partition coefficient (Wildman–Crippen LogP) is 0.488. The minimum Gasteiger partial charge on any atom is -0.477 e. The van der Waals surface area contributed by atoms with Crippen LogP contribution >= 0.6 is 0 Å². The lowest BCUT2D eigenvalue weighted by Crippen LogP contribution is -2.06. The molecule has 0 saturated heterocycles. The van der Waals surface area contributed by atoms with E-state index in [1.165, 1.54) is 13.1 Å². The Labute approximate surface area is 105 Å². The Bertz CT molecular complexity index is 621. The van der Waals surface area contributed by atoms with Crippen molar-refractivity contribution in [3.63, 3.8) is 0 Å². The second kappa shape index (κ2) is 4.55. The summed E-state index contributed by atoms with van der Waals surface area (Å²) in [5, 5.41) is 16.4. The largest absolute Gasteiger partial charge is 0.477 e. The molecule has 0 spiro atoms. The normalized spacial score (nSPS) is 10.9. The highest BCUT2D eigenvalue weighted by Gasteiger charge is 2.17. The number of nitrogen functional groups attached to an aromatic ring is 1. The summed E-state index contributed by atoms with van der Waals surface area (Å²) in [5.41, 5.74) is 5.20. The zero-order chi connectivity index (χ0) is 14.2. The highest BCUT2D eigenvalue weighted by atomic mass is 19.3. The number of alkyl halides is 2. The molecule has 19 heavy (non-hydrogen) atoms. The van der Waals surface area contributed by atoms with Crippen LogP contribution in [0.3, 0.4) is 0 Å². The molecule has 8 nitrogen and oxygen atoms in total. The van der Waals surface area contributed by atoms with E-state index in [0.717, 1.165) is 15.6 Å². The third-order valence-corrected chi connectivity index (χ3v) is 2.24. The number of carboxylic acid groups (broad SMARTS) is 1. The van der Waals surface area contributed by atoms with Crippen molar-refractivity contribution in [3.8, 4) is 11.7 Å². The molecule has 0 aliphatic heterocycles. The lowest BCUT2D eigenvalue weighted by molar-refractivity contribution is -0.0553. The van der Waals surface area contributed by atoms with Gasteiger partial charge in [-0.3, -0.25) is 0 Å². The molecule has 0 bridgehead atoms. The van der Waals surface area contributed by atoms with E-state index < -0.39 is 12.6 Å². The Kier molecular flexibility index (Phi) is 3.07. The predicted molar refractivity (Wildman–Crippen MR) is 58.3 cm³/mol. The molecule has 0 aliphatic rings. The average molecular weight is 273 g/mol. The van der Waals surface area contributed by atoms with Crippen LogP contribution in [-0.4, -0.2) is 37.2 Å². The van der Waals surface area contributed by atoms with Crippen molar-refractivity contribution in [2.24, 2.45) is 7.05 Å². The fraction of sp³-hybridized carbons (Fsp3) is 0.222. The second-order valence-corrected chi connectivity index (χ2v) is 3.52. The summed E-state index contributed by atoms with van der Waals surface area (Å²) in [6.45, 7) is -2.99.